The van der Waals surface area contributed by atoms with Crippen molar-refractivity contribution in [3.63, 3.8) is 0 Å². The molecule has 0 spiro atoms. The second kappa shape index (κ2) is 7.05. The van der Waals surface area contributed by atoms with Gasteiger partial charge in [0.15, 0.2) is 0 Å². The minimum Gasteiger partial charge on any atom is -0.394 e. The average Bonchev–Trinajstić information content (AvgIpc) is 2.44. The molecular formula is C16H24ClFN2O. The van der Waals surface area contributed by atoms with Crippen LogP contribution in [0.5, 0.6) is 0 Å². The summed E-state index contributed by atoms with van der Waals surface area (Å²) in [5.41, 5.74) is 0.358. The molecule has 1 aliphatic heterocycles. The van der Waals surface area contributed by atoms with E-state index in [0.717, 1.165) is 25.9 Å². The van der Waals surface area contributed by atoms with Crippen LogP contribution in [0.25, 0.3) is 0 Å². The minimum atomic E-state index is -0.248. The van der Waals surface area contributed by atoms with Crippen LogP contribution >= 0.6 is 11.6 Å². The molecule has 0 amide bonds. The van der Waals surface area contributed by atoms with Crippen molar-refractivity contribution in [3.8, 4) is 0 Å². The summed E-state index contributed by atoms with van der Waals surface area (Å²) in [7, 11) is 0. The van der Waals surface area contributed by atoms with Crippen molar-refractivity contribution < 1.29 is 9.50 Å². The van der Waals surface area contributed by atoms with E-state index in [1.807, 2.05) is 0 Å². The van der Waals surface area contributed by atoms with Crippen LogP contribution in [0.15, 0.2) is 18.2 Å². The lowest BCUT2D eigenvalue weighted by molar-refractivity contribution is 0.0692. The number of hydrogen-bond donors (Lipinski definition) is 2. The third-order valence-corrected chi connectivity index (χ3v) is 4.51. The zero-order valence-corrected chi connectivity index (χ0v) is 13.5. The number of nitrogens with one attached hydrogen (secondary N) is 1. The summed E-state index contributed by atoms with van der Waals surface area (Å²) in [4.78, 5) is 2.19. The number of benzene rings is 1. The summed E-state index contributed by atoms with van der Waals surface area (Å²) in [6.45, 7) is 6.48. The Bertz CT molecular complexity index is 453. The molecule has 118 valence electrons. The van der Waals surface area contributed by atoms with E-state index >= 15 is 0 Å². The Morgan fingerprint density at radius 2 is 2.05 bits per heavy atom. The zero-order chi connectivity index (χ0) is 15.5. The van der Waals surface area contributed by atoms with E-state index in [1.54, 1.807) is 12.1 Å². The number of likely N-dealkylation sites (tertiary alicyclic amines) is 1. The van der Waals surface area contributed by atoms with Gasteiger partial charge in [-0.05, 0) is 25.0 Å². The molecule has 0 atom stereocenters. The van der Waals surface area contributed by atoms with Gasteiger partial charge in [-0.3, -0.25) is 4.90 Å². The third-order valence-electron chi connectivity index (χ3n) is 4.15. The monoisotopic (exact) mass is 314 g/mol. The molecule has 1 fully saturated rings. The van der Waals surface area contributed by atoms with Crippen molar-refractivity contribution in [3.05, 3.63) is 34.6 Å². The van der Waals surface area contributed by atoms with E-state index in [2.05, 4.69) is 24.1 Å². The first-order valence-corrected chi connectivity index (χ1v) is 7.87. The Morgan fingerprint density at radius 1 is 1.38 bits per heavy atom. The number of hydrogen-bond acceptors (Lipinski definition) is 3. The molecule has 1 heterocycles. The Kier molecular flexibility index (Phi) is 5.60. The standard InChI is InChI=1S/C16H24ClFN2O/c1-12(2)19-16(11-21)6-8-20(9-7-16)10-13-14(17)4-3-5-15(13)18/h3-5,12,19,21H,6-11H2,1-2H3. The van der Waals surface area contributed by atoms with Crippen molar-refractivity contribution in [2.45, 2.75) is 44.8 Å². The second-order valence-electron chi connectivity index (χ2n) is 6.21. The van der Waals surface area contributed by atoms with E-state index in [9.17, 15) is 9.50 Å². The van der Waals surface area contributed by atoms with Crippen LogP contribution in [0.1, 0.15) is 32.3 Å². The number of aliphatic hydroxyl groups is 1. The van der Waals surface area contributed by atoms with E-state index < -0.39 is 0 Å². The molecule has 0 aliphatic carbocycles. The van der Waals surface area contributed by atoms with Gasteiger partial charge in [-0.25, -0.2) is 4.39 Å². The first-order chi connectivity index (χ1) is 9.96. The Hall–Kier alpha value is -0.680. The van der Waals surface area contributed by atoms with E-state index in [-0.39, 0.29) is 18.0 Å². The van der Waals surface area contributed by atoms with Crippen molar-refractivity contribution in [2.24, 2.45) is 0 Å². The number of rotatable bonds is 5. The fourth-order valence-electron chi connectivity index (χ4n) is 3.01. The molecule has 1 aliphatic rings. The van der Waals surface area contributed by atoms with Gasteiger partial charge >= 0.3 is 0 Å². The summed E-state index contributed by atoms with van der Waals surface area (Å²) in [5, 5.41) is 13.6. The maximum atomic E-state index is 13.8. The summed E-state index contributed by atoms with van der Waals surface area (Å²) >= 11 is 6.08. The van der Waals surface area contributed by atoms with E-state index in [4.69, 9.17) is 11.6 Å². The highest BCUT2D eigenvalue weighted by molar-refractivity contribution is 6.31. The molecule has 5 heteroatoms. The Balaban J connectivity index is 1.98. The summed E-state index contributed by atoms with van der Waals surface area (Å²) in [5.74, 6) is -0.248. The SMILES string of the molecule is CC(C)NC1(CO)CCN(Cc2c(F)cccc2Cl)CC1. The smallest absolute Gasteiger partial charge is 0.129 e. The molecule has 21 heavy (non-hydrogen) atoms. The maximum absolute atomic E-state index is 13.8. The topological polar surface area (TPSA) is 35.5 Å². The fraction of sp³-hybridized carbons (Fsp3) is 0.625. The normalized spacial score (nSPS) is 19.1. The molecule has 1 aromatic rings. The van der Waals surface area contributed by atoms with Crippen LogP contribution in [-0.2, 0) is 6.54 Å². The van der Waals surface area contributed by atoms with Crippen LogP contribution in [0.2, 0.25) is 5.02 Å². The predicted molar refractivity (Wildman–Crippen MR) is 84.0 cm³/mol. The van der Waals surface area contributed by atoms with Gasteiger partial charge < -0.3 is 10.4 Å². The van der Waals surface area contributed by atoms with Crippen LogP contribution in [0.4, 0.5) is 4.39 Å². The highest BCUT2D eigenvalue weighted by Gasteiger charge is 2.34. The highest BCUT2D eigenvalue weighted by Crippen LogP contribution is 2.26. The predicted octanol–water partition coefficient (Wildman–Crippen LogP) is 2.80. The van der Waals surface area contributed by atoms with Gasteiger partial charge in [0.2, 0.25) is 0 Å². The lowest BCUT2D eigenvalue weighted by Gasteiger charge is -2.42. The Morgan fingerprint density at radius 3 is 2.57 bits per heavy atom. The highest BCUT2D eigenvalue weighted by atomic mass is 35.5. The molecule has 2 N–H and O–H groups in total. The molecular weight excluding hydrogens is 291 g/mol. The van der Waals surface area contributed by atoms with Gasteiger partial charge in [0.1, 0.15) is 5.82 Å². The summed E-state index contributed by atoms with van der Waals surface area (Å²) in [6, 6.07) is 5.14. The van der Waals surface area contributed by atoms with Crippen molar-refractivity contribution in [1.82, 2.24) is 10.2 Å². The molecule has 1 aromatic carbocycles. The quantitative estimate of drug-likeness (QED) is 0.877. The van der Waals surface area contributed by atoms with Gasteiger partial charge in [-0.15, -0.1) is 0 Å². The van der Waals surface area contributed by atoms with Gasteiger partial charge in [0.05, 0.1) is 6.61 Å². The van der Waals surface area contributed by atoms with Gasteiger partial charge in [0.25, 0.3) is 0 Å². The second-order valence-corrected chi connectivity index (χ2v) is 6.62. The maximum Gasteiger partial charge on any atom is 0.129 e. The zero-order valence-electron chi connectivity index (χ0n) is 12.7. The van der Waals surface area contributed by atoms with Gasteiger partial charge in [-0.2, -0.15) is 0 Å². The number of halogens is 2. The first-order valence-electron chi connectivity index (χ1n) is 7.49. The number of piperidine rings is 1. The minimum absolute atomic E-state index is 0.138. The van der Waals surface area contributed by atoms with Crippen LogP contribution in [0, 0.1) is 5.82 Å². The van der Waals surface area contributed by atoms with E-state index in [0.29, 0.717) is 23.2 Å². The average molecular weight is 315 g/mol. The van der Waals surface area contributed by atoms with Crippen molar-refractivity contribution >= 4 is 11.6 Å². The fourth-order valence-corrected chi connectivity index (χ4v) is 3.23. The summed E-state index contributed by atoms with van der Waals surface area (Å²) in [6.07, 6.45) is 1.71. The third kappa shape index (κ3) is 4.16. The van der Waals surface area contributed by atoms with Gasteiger partial charge in [-0.1, -0.05) is 31.5 Å². The van der Waals surface area contributed by atoms with Crippen LogP contribution < -0.4 is 5.32 Å². The number of nitrogens with zero attached hydrogens (tertiary/aromatic N) is 1. The molecule has 0 saturated carbocycles. The van der Waals surface area contributed by atoms with Crippen LogP contribution in [-0.4, -0.2) is 41.3 Å². The molecule has 3 nitrogen and oxygen atoms in total. The number of aliphatic hydroxyl groups excluding tert-OH is 1. The molecule has 0 bridgehead atoms. The molecule has 0 unspecified atom stereocenters. The van der Waals surface area contributed by atoms with Crippen molar-refractivity contribution in [2.75, 3.05) is 19.7 Å². The first kappa shape index (κ1) is 16.7. The summed E-state index contributed by atoms with van der Waals surface area (Å²) < 4.78 is 13.8. The molecule has 1 saturated heterocycles. The molecule has 0 aromatic heterocycles. The molecule has 0 radical (unpaired) electrons. The molecule has 2 rings (SSSR count). The lowest BCUT2D eigenvalue weighted by Crippen LogP contribution is -2.57. The van der Waals surface area contributed by atoms with Crippen molar-refractivity contribution in [1.29, 1.82) is 0 Å². The van der Waals surface area contributed by atoms with Crippen LogP contribution in [0.3, 0.4) is 0 Å². The largest absolute Gasteiger partial charge is 0.394 e. The lowest BCUT2D eigenvalue weighted by atomic mass is 9.87. The van der Waals surface area contributed by atoms with E-state index in [1.165, 1.54) is 6.07 Å². The van der Waals surface area contributed by atoms with Gasteiger partial charge in [0, 0.05) is 41.8 Å². The Labute approximate surface area is 131 Å².